The SMILES string of the molecule is CCCCC(C)(C)CCN(CC)Cc1ccc(Cl)cn1. The highest BCUT2D eigenvalue weighted by Crippen LogP contribution is 2.27. The van der Waals surface area contributed by atoms with Crippen LogP contribution in [0.15, 0.2) is 18.3 Å². The zero-order valence-electron chi connectivity index (χ0n) is 13.5. The van der Waals surface area contributed by atoms with Crippen molar-refractivity contribution in [3.05, 3.63) is 29.0 Å². The Hall–Kier alpha value is -0.600. The van der Waals surface area contributed by atoms with Gasteiger partial charge in [-0.15, -0.1) is 0 Å². The molecule has 0 amide bonds. The summed E-state index contributed by atoms with van der Waals surface area (Å²) in [6.07, 6.45) is 6.91. The Bertz CT molecular complexity index is 373. The van der Waals surface area contributed by atoms with E-state index in [1.807, 2.05) is 12.1 Å². The van der Waals surface area contributed by atoms with Crippen molar-refractivity contribution in [3.8, 4) is 0 Å². The van der Waals surface area contributed by atoms with E-state index in [0.29, 0.717) is 10.4 Å². The summed E-state index contributed by atoms with van der Waals surface area (Å²) in [5.74, 6) is 0. The van der Waals surface area contributed by atoms with Crippen LogP contribution >= 0.6 is 11.6 Å². The van der Waals surface area contributed by atoms with Crippen LogP contribution in [0.2, 0.25) is 5.02 Å². The van der Waals surface area contributed by atoms with Gasteiger partial charge in [-0.05, 0) is 43.5 Å². The fourth-order valence-corrected chi connectivity index (χ4v) is 2.43. The molecule has 1 aromatic heterocycles. The van der Waals surface area contributed by atoms with Gasteiger partial charge in [-0.3, -0.25) is 9.88 Å². The molecule has 0 atom stereocenters. The molecular formula is C17H29ClN2. The molecule has 3 heteroatoms. The van der Waals surface area contributed by atoms with E-state index in [9.17, 15) is 0 Å². The molecule has 0 saturated heterocycles. The van der Waals surface area contributed by atoms with Gasteiger partial charge in [0.05, 0.1) is 10.7 Å². The largest absolute Gasteiger partial charge is 0.298 e. The molecule has 0 saturated carbocycles. The number of nitrogens with zero attached hydrogens (tertiary/aromatic N) is 2. The highest BCUT2D eigenvalue weighted by molar-refractivity contribution is 6.30. The van der Waals surface area contributed by atoms with Gasteiger partial charge in [-0.25, -0.2) is 0 Å². The van der Waals surface area contributed by atoms with Crippen molar-refractivity contribution in [2.24, 2.45) is 5.41 Å². The quantitative estimate of drug-likeness (QED) is 0.625. The van der Waals surface area contributed by atoms with Crippen molar-refractivity contribution in [2.45, 2.75) is 59.9 Å². The first kappa shape index (κ1) is 17.5. The third-order valence-corrected chi connectivity index (χ3v) is 4.16. The van der Waals surface area contributed by atoms with Crippen LogP contribution in [0, 0.1) is 5.41 Å². The minimum Gasteiger partial charge on any atom is -0.298 e. The van der Waals surface area contributed by atoms with Crippen LogP contribution in [0.5, 0.6) is 0 Å². The van der Waals surface area contributed by atoms with E-state index < -0.39 is 0 Å². The van der Waals surface area contributed by atoms with Crippen molar-refractivity contribution in [1.82, 2.24) is 9.88 Å². The fourth-order valence-electron chi connectivity index (χ4n) is 2.32. The molecule has 0 spiro atoms. The molecule has 0 aliphatic carbocycles. The maximum Gasteiger partial charge on any atom is 0.0589 e. The van der Waals surface area contributed by atoms with Gasteiger partial charge in [0.1, 0.15) is 0 Å². The molecule has 0 aliphatic rings. The number of halogens is 1. The Morgan fingerprint density at radius 2 is 1.95 bits per heavy atom. The Balaban J connectivity index is 2.44. The van der Waals surface area contributed by atoms with Crippen molar-refractivity contribution >= 4 is 11.6 Å². The number of pyridine rings is 1. The summed E-state index contributed by atoms with van der Waals surface area (Å²) < 4.78 is 0. The molecule has 20 heavy (non-hydrogen) atoms. The first-order valence-electron chi connectivity index (χ1n) is 7.79. The first-order valence-corrected chi connectivity index (χ1v) is 8.17. The summed E-state index contributed by atoms with van der Waals surface area (Å²) in [4.78, 5) is 6.85. The van der Waals surface area contributed by atoms with E-state index in [1.165, 1.54) is 25.7 Å². The van der Waals surface area contributed by atoms with Gasteiger partial charge in [0.15, 0.2) is 0 Å². The molecular weight excluding hydrogens is 268 g/mol. The normalized spacial score (nSPS) is 12.1. The Labute approximate surface area is 129 Å². The highest BCUT2D eigenvalue weighted by Gasteiger charge is 2.18. The summed E-state index contributed by atoms with van der Waals surface area (Å²) in [5.41, 5.74) is 1.54. The van der Waals surface area contributed by atoms with Gasteiger partial charge in [-0.1, -0.05) is 52.1 Å². The number of unbranched alkanes of at least 4 members (excludes halogenated alkanes) is 1. The van der Waals surface area contributed by atoms with Crippen molar-refractivity contribution < 1.29 is 0 Å². The lowest BCUT2D eigenvalue weighted by Gasteiger charge is -2.28. The molecule has 0 fully saturated rings. The van der Waals surface area contributed by atoms with Gasteiger partial charge in [-0.2, -0.15) is 0 Å². The van der Waals surface area contributed by atoms with Crippen LogP contribution in [-0.4, -0.2) is 23.0 Å². The summed E-state index contributed by atoms with van der Waals surface area (Å²) in [6.45, 7) is 12.4. The zero-order valence-corrected chi connectivity index (χ0v) is 14.2. The lowest BCUT2D eigenvalue weighted by Crippen LogP contribution is -2.28. The molecule has 0 aromatic carbocycles. The van der Waals surface area contributed by atoms with Crippen LogP contribution in [0.25, 0.3) is 0 Å². The second-order valence-electron chi connectivity index (χ2n) is 6.35. The predicted molar refractivity (Wildman–Crippen MR) is 88.1 cm³/mol. The molecule has 0 radical (unpaired) electrons. The number of hydrogen-bond donors (Lipinski definition) is 0. The summed E-state index contributed by atoms with van der Waals surface area (Å²) in [7, 11) is 0. The average Bonchev–Trinajstić information content (AvgIpc) is 2.43. The van der Waals surface area contributed by atoms with Crippen LogP contribution < -0.4 is 0 Å². The van der Waals surface area contributed by atoms with Crippen LogP contribution in [0.3, 0.4) is 0 Å². The smallest absolute Gasteiger partial charge is 0.0589 e. The predicted octanol–water partition coefficient (Wildman–Crippen LogP) is 5.16. The molecule has 1 aromatic rings. The molecule has 0 unspecified atom stereocenters. The van der Waals surface area contributed by atoms with Crippen molar-refractivity contribution in [1.29, 1.82) is 0 Å². The lowest BCUT2D eigenvalue weighted by molar-refractivity contribution is 0.206. The maximum absolute atomic E-state index is 5.88. The molecule has 0 aliphatic heterocycles. The van der Waals surface area contributed by atoms with E-state index in [-0.39, 0.29) is 0 Å². The van der Waals surface area contributed by atoms with E-state index in [4.69, 9.17) is 11.6 Å². The molecule has 1 heterocycles. The average molecular weight is 297 g/mol. The second-order valence-corrected chi connectivity index (χ2v) is 6.79. The van der Waals surface area contributed by atoms with Crippen LogP contribution in [0.4, 0.5) is 0 Å². The van der Waals surface area contributed by atoms with Gasteiger partial charge in [0, 0.05) is 12.7 Å². The van der Waals surface area contributed by atoms with Gasteiger partial charge in [0.25, 0.3) is 0 Å². The topological polar surface area (TPSA) is 16.1 Å². The second kappa shape index (κ2) is 8.63. The monoisotopic (exact) mass is 296 g/mol. The van der Waals surface area contributed by atoms with Crippen molar-refractivity contribution in [3.63, 3.8) is 0 Å². The number of hydrogen-bond acceptors (Lipinski definition) is 2. The molecule has 114 valence electrons. The standard InChI is InChI=1S/C17H29ClN2/c1-5-7-10-17(3,4)11-12-20(6-2)14-16-9-8-15(18)13-19-16/h8-9,13H,5-7,10-12,14H2,1-4H3. The van der Waals surface area contributed by atoms with Gasteiger partial charge < -0.3 is 0 Å². The minimum atomic E-state index is 0.441. The van der Waals surface area contributed by atoms with Crippen LogP contribution in [-0.2, 0) is 6.54 Å². The number of aromatic nitrogens is 1. The van der Waals surface area contributed by atoms with Gasteiger partial charge in [0.2, 0.25) is 0 Å². The lowest BCUT2D eigenvalue weighted by atomic mass is 9.84. The molecule has 1 rings (SSSR count). The first-order chi connectivity index (χ1) is 9.46. The fraction of sp³-hybridized carbons (Fsp3) is 0.706. The third kappa shape index (κ3) is 6.71. The molecule has 0 bridgehead atoms. The molecule has 2 nitrogen and oxygen atoms in total. The summed E-state index contributed by atoms with van der Waals surface area (Å²) >= 11 is 5.88. The Kier molecular flexibility index (Phi) is 7.53. The zero-order chi connectivity index (χ0) is 15.0. The third-order valence-electron chi connectivity index (χ3n) is 3.93. The Morgan fingerprint density at radius 1 is 1.20 bits per heavy atom. The minimum absolute atomic E-state index is 0.441. The van der Waals surface area contributed by atoms with E-state index in [1.54, 1.807) is 6.20 Å². The Morgan fingerprint density at radius 3 is 2.50 bits per heavy atom. The summed E-state index contributed by atoms with van der Waals surface area (Å²) in [6, 6.07) is 3.94. The van der Waals surface area contributed by atoms with E-state index >= 15 is 0 Å². The maximum atomic E-state index is 5.88. The van der Waals surface area contributed by atoms with E-state index in [2.05, 4.69) is 37.6 Å². The van der Waals surface area contributed by atoms with E-state index in [0.717, 1.165) is 25.3 Å². The van der Waals surface area contributed by atoms with Crippen molar-refractivity contribution in [2.75, 3.05) is 13.1 Å². The van der Waals surface area contributed by atoms with Crippen LogP contribution in [0.1, 0.15) is 59.1 Å². The molecule has 0 N–H and O–H groups in total. The van der Waals surface area contributed by atoms with Gasteiger partial charge >= 0.3 is 0 Å². The highest BCUT2D eigenvalue weighted by atomic mass is 35.5. The number of rotatable bonds is 9. The summed E-state index contributed by atoms with van der Waals surface area (Å²) in [5, 5.41) is 0.706.